The van der Waals surface area contributed by atoms with Crippen molar-refractivity contribution in [3.63, 3.8) is 0 Å². The number of carbonyl (C=O) groups is 1. The van der Waals surface area contributed by atoms with Crippen LogP contribution in [0.1, 0.15) is 27.2 Å². The van der Waals surface area contributed by atoms with E-state index in [-0.39, 0.29) is 5.75 Å². The second-order valence-corrected chi connectivity index (χ2v) is 6.04. The highest BCUT2D eigenvalue weighted by atomic mass is 32.2. The van der Waals surface area contributed by atoms with Crippen LogP contribution in [0.5, 0.6) is 0 Å². The fraction of sp³-hybridized carbons (Fsp3) is 0.875. The van der Waals surface area contributed by atoms with Crippen molar-refractivity contribution in [1.82, 2.24) is 0 Å². The Labute approximate surface area is 79.4 Å². The fourth-order valence-electron chi connectivity index (χ4n) is 0.754. The fourth-order valence-corrected chi connectivity index (χ4v) is 2.26. The summed E-state index contributed by atoms with van der Waals surface area (Å²) < 4.78 is 22.8. The molecule has 78 valence electrons. The van der Waals surface area contributed by atoms with Crippen molar-refractivity contribution >= 4 is 15.7 Å². The Hall–Kier alpha value is -0.580. The van der Waals surface area contributed by atoms with Gasteiger partial charge in [-0.05, 0) is 19.3 Å². The molecular formula is C8H17NO3S. The molecule has 13 heavy (non-hydrogen) atoms. The first-order valence-electron chi connectivity index (χ1n) is 4.28. The van der Waals surface area contributed by atoms with E-state index < -0.39 is 21.0 Å². The first-order chi connectivity index (χ1) is 5.77. The zero-order chi connectivity index (χ0) is 10.6. The van der Waals surface area contributed by atoms with E-state index in [9.17, 15) is 13.2 Å². The summed E-state index contributed by atoms with van der Waals surface area (Å²) >= 11 is 0. The van der Waals surface area contributed by atoms with Gasteiger partial charge in [-0.1, -0.05) is 13.8 Å². The Morgan fingerprint density at radius 3 is 2.08 bits per heavy atom. The molecule has 1 amide bonds. The molecule has 4 nitrogen and oxygen atoms in total. The van der Waals surface area contributed by atoms with E-state index in [1.807, 2.05) is 13.8 Å². The maximum absolute atomic E-state index is 11.4. The molecule has 5 heteroatoms. The van der Waals surface area contributed by atoms with Crippen LogP contribution >= 0.6 is 0 Å². The molecule has 0 aliphatic heterocycles. The summed E-state index contributed by atoms with van der Waals surface area (Å²) in [5, 5.41) is -1.06. The van der Waals surface area contributed by atoms with Crippen molar-refractivity contribution in [2.45, 2.75) is 32.4 Å². The molecule has 1 unspecified atom stereocenters. The van der Waals surface area contributed by atoms with Gasteiger partial charge in [0, 0.05) is 0 Å². The summed E-state index contributed by atoms with van der Waals surface area (Å²) in [5.74, 6) is -0.423. The average Bonchev–Trinajstić information content (AvgIpc) is 1.99. The van der Waals surface area contributed by atoms with Crippen LogP contribution in [0.25, 0.3) is 0 Å². The smallest absolute Gasteiger partial charge is 0.235 e. The third-order valence-electron chi connectivity index (χ3n) is 1.92. The van der Waals surface area contributed by atoms with Crippen LogP contribution in [0, 0.1) is 5.92 Å². The van der Waals surface area contributed by atoms with E-state index in [1.54, 1.807) is 0 Å². The second kappa shape index (κ2) is 4.60. The van der Waals surface area contributed by atoms with Crippen LogP contribution in [-0.2, 0) is 14.6 Å². The van der Waals surface area contributed by atoms with E-state index in [4.69, 9.17) is 5.73 Å². The lowest BCUT2D eigenvalue weighted by atomic mass is 10.2. The molecule has 0 aromatic rings. The molecule has 0 aromatic heterocycles. The Morgan fingerprint density at radius 2 is 1.77 bits per heavy atom. The first kappa shape index (κ1) is 12.4. The van der Waals surface area contributed by atoms with E-state index in [0.717, 1.165) is 0 Å². The number of amides is 1. The number of nitrogens with two attached hydrogens (primary N) is 1. The highest BCUT2D eigenvalue weighted by Gasteiger charge is 2.25. The predicted molar refractivity (Wildman–Crippen MR) is 51.9 cm³/mol. The maximum atomic E-state index is 11.4. The van der Waals surface area contributed by atoms with Crippen molar-refractivity contribution in [1.29, 1.82) is 0 Å². The van der Waals surface area contributed by atoms with Gasteiger partial charge >= 0.3 is 0 Å². The van der Waals surface area contributed by atoms with Gasteiger partial charge in [-0.15, -0.1) is 0 Å². The molecule has 0 saturated heterocycles. The molecule has 0 aliphatic carbocycles. The summed E-state index contributed by atoms with van der Waals surface area (Å²) in [6.07, 6.45) is 0.569. The average molecular weight is 207 g/mol. The summed E-state index contributed by atoms with van der Waals surface area (Å²) in [7, 11) is -3.33. The van der Waals surface area contributed by atoms with Crippen LogP contribution < -0.4 is 5.73 Å². The summed E-state index contributed by atoms with van der Waals surface area (Å²) in [5.41, 5.74) is 4.91. The highest BCUT2D eigenvalue weighted by Crippen LogP contribution is 2.08. The molecule has 0 fully saturated rings. The van der Waals surface area contributed by atoms with E-state index in [2.05, 4.69) is 0 Å². The molecule has 0 radical (unpaired) electrons. The van der Waals surface area contributed by atoms with Gasteiger partial charge in [-0.3, -0.25) is 4.79 Å². The topological polar surface area (TPSA) is 77.2 Å². The summed E-state index contributed by atoms with van der Waals surface area (Å²) in [6.45, 7) is 5.20. The molecule has 0 bridgehead atoms. The monoisotopic (exact) mass is 207 g/mol. The van der Waals surface area contributed by atoms with Crippen LogP contribution in [0.2, 0.25) is 0 Å². The number of primary amides is 1. The minimum absolute atomic E-state index is 0.0365. The molecule has 2 N–H and O–H groups in total. The Kier molecular flexibility index (Phi) is 4.39. The summed E-state index contributed by atoms with van der Waals surface area (Å²) in [4.78, 5) is 10.6. The van der Waals surface area contributed by atoms with Crippen molar-refractivity contribution in [3.8, 4) is 0 Å². The molecule has 1 atom stereocenters. The van der Waals surface area contributed by atoms with Gasteiger partial charge in [0.2, 0.25) is 5.91 Å². The lowest BCUT2D eigenvalue weighted by Gasteiger charge is -2.10. The Bertz CT molecular complexity index is 269. The van der Waals surface area contributed by atoms with Crippen molar-refractivity contribution in [2.24, 2.45) is 11.7 Å². The van der Waals surface area contributed by atoms with Gasteiger partial charge in [0.15, 0.2) is 9.84 Å². The van der Waals surface area contributed by atoms with Gasteiger partial charge in [-0.2, -0.15) is 0 Å². The van der Waals surface area contributed by atoms with Crippen LogP contribution in [0.3, 0.4) is 0 Å². The Morgan fingerprint density at radius 1 is 1.31 bits per heavy atom. The molecule has 0 saturated carbocycles. The quantitative estimate of drug-likeness (QED) is 0.705. The Balaban J connectivity index is 4.33. The zero-order valence-electron chi connectivity index (χ0n) is 8.28. The zero-order valence-corrected chi connectivity index (χ0v) is 9.10. The molecular weight excluding hydrogens is 190 g/mol. The van der Waals surface area contributed by atoms with Gasteiger partial charge in [0.25, 0.3) is 0 Å². The number of hydrogen-bond acceptors (Lipinski definition) is 3. The maximum Gasteiger partial charge on any atom is 0.235 e. The number of rotatable bonds is 5. The minimum atomic E-state index is -3.33. The van der Waals surface area contributed by atoms with Gasteiger partial charge in [0.05, 0.1) is 5.75 Å². The largest absolute Gasteiger partial charge is 0.369 e. The molecule has 0 aliphatic rings. The predicted octanol–water partition coefficient (Wildman–Crippen LogP) is 0.321. The van der Waals surface area contributed by atoms with Crippen LogP contribution in [0.15, 0.2) is 0 Å². The normalized spacial score (nSPS) is 14.5. The summed E-state index contributed by atoms with van der Waals surface area (Å²) in [6, 6.07) is 0. The van der Waals surface area contributed by atoms with E-state index in [0.29, 0.717) is 12.3 Å². The van der Waals surface area contributed by atoms with Gasteiger partial charge < -0.3 is 5.73 Å². The minimum Gasteiger partial charge on any atom is -0.369 e. The highest BCUT2D eigenvalue weighted by molar-refractivity contribution is 7.92. The second-order valence-electron chi connectivity index (χ2n) is 3.59. The van der Waals surface area contributed by atoms with Gasteiger partial charge in [0.1, 0.15) is 5.25 Å². The molecule has 0 aromatic carbocycles. The molecule has 0 rings (SSSR count). The van der Waals surface area contributed by atoms with E-state index >= 15 is 0 Å². The molecule has 0 spiro atoms. The van der Waals surface area contributed by atoms with E-state index in [1.165, 1.54) is 6.92 Å². The van der Waals surface area contributed by atoms with Gasteiger partial charge in [-0.25, -0.2) is 8.42 Å². The van der Waals surface area contributed by atoms with Crippen LogP contribution in [-0.4, -0.2) is 25.3 Å². The first-order valence-corrected chi connectivity index (χ1v) is 5.99. The number of hydrogen-bond donors (Lipinski definition) is 1. The molecule has 0 heterocycles. The number of sulfone groups is 1. The standard InChI is InChI=1S/C8H17NO3S/c1-6(2)4-5-13(11,12)7(3)8(9)10/h6-7H,4-5H2,1-3H3,(H2,9,10). The SMILES string of the molecule is CC(C)CCS(=O)(=O)C(C)C(N)=O. The number of carbonyl (C=O) groups excluding carboxylic acids is 1. The third-order valence-corrected chi connectivity index (χ3v) is 4.03. The van der Waals surface area contributed by atoms with Crippen LogP contribution in [0.4, 0.5) is 0 Å². The lowest BCUT2D eigenvalue weighted by Crippen LogP contribution is -2.34. The lowest BCUT2D eigenvalue weighted by molar-refractivity contribution is -0.117. The van der Waals surface area contributed by atoms with Crippen molar-refractivity contribution in [2.75, 3.05) is 5.75 Å². The van der Waals surface area contributed by atoms with Crippen molar-refractivity contribution in [3.05, 3.63) is 0 Å². The van der Waals surface area contributed by atoms with Crippen molar-refractivity contribution < 1.29 is 13.2 Å². The third kappa shape index (κ3) is 4.26.